The van der Waals surface area contributed by atoms with E-state index in [4.69, 9.17) is 18.9 Å². The number of hydrogen-bond acceptors (Lipinski definition) is 6. The van der Waals surface area contributed by atoms with Crippen LogP contribution in [0.2, 0.25) is 0 Å². The molecule has 1 aromatic rings. The van der Waals surface area contributed by atoms with Crippen LogP contribution in [-0.2, 0) is 25.4 Å². The van der Waals surface area contributed by atoms with Crippen molar-refractivity contribution in [3.63, 3.8) is 0 Å². The molecule has 0 radical (unpaired) electrons. The predicted molar refractivity (Wildman–Crippen MR) is 113 cm³/mol. The van der Waals surface area contributed by atoms with Crippen molar-refractivity contribution in [2.75, 3.05) is 27.7 Å². The molecule has 7 heteroatoms. The minimum absolute atomic E-state index is 0.0550. The molecule has 7 nitrogen and oxygen atoms in total. The summed E-state index contributed by atoms with van der Waals surface area (Å²) in [7, 11) is 3.17. The molecule has 2 fully saturated rings. The number of methoxy groups -OCH3 is 2. The van der Waals surface area contributed by atoms with Gasteiger partial charge in [0.05, 0.1) is 12.1 Å². The fraction of sp³-hybridized carbons (Fsp3) is 0.739. The summed E-state index contributed by atoms with van der Waals surface area (Å²) in [6.07, 6.45) is 9.14. The van der Waals surface area contributed by atoms with Gasteiger partial charge in [0.25, 0.3) is 5.91 Å². The Morgan fingerprint density at radius 3 is 2.63 bits per heavy atom. The molecule has 0 bridgehead atoms. The topological polar surface area (TPSA) is 70.1 Å². The molecule has 0 spiro atoms. The highest BCUT2D eigenvalue weighted by Crippen LogP contribution is 2.41. The van der Waals surface area contributed by atoms with Gasteiger partial charge in [-0.1, -0.05) is 20.3 Å². The largest absolute Gasteiger partial charge is 0.490 e. The normalized spacial score (nSPS) is 24.9. The number of aromatic nitrogens is 1. The van der Waals surface area contributed by atoms with E-state index in [1.54, 1.807) is 25.3 Å². The lowest BCUT2D eigenvalue weighted by Gasteiger charge is -2.55. The molecule has 1 amide bonds. The first kappa shape index (κ1) is 23.0. The zero-order valence-electron chi connectivity index (χ0n) is 18.8. The number of β-lactam (4-membered cyclic amide) rings is 1. The van der Waals surface area contributed by atoms with Crippen LogP contribution in [0.15, 0.2) is 18.3 Å². The number of ether oxygens (including phenoxy) is 4. The van der Waals surface area contributed by atoms with Gasteiger partial charge in [0.15, 0.2) is 5.60 Å². The number of pyridine rings is 1. The number of nitrogens with zero attached hydrogens (tertiary/aromatic N) is 2. The van der Waals surface area contributed by atoms with Crippen molar-refractivity contribution in [3.8, 4) is 5.75 Å². The molecule has 3 rings (SSSR count). The molecule has 1 saturated heterocycles. The first-order valence-corrected chi connectivity index (χ1v) is 11.0. The Morgan fingerprint density at radius 1 is 1.20 bits per heavy atom. The second-order valence-electron chi connectivity index (χ2n) is 8.82. The third kappa shape index (κ3) is 5.13. The number of likely N-dealkylation sites (tertiary alicyclic amines) is 1. The summed E-state index contributed by atoms with van der Waals surface area (Å²) in [4.78, 5) is 19.5. The summed E-state index contributed by atoms with van der Waals surface area (Å²) in [6.45, 7) is 4.60. The lowest BCUT2D eigenvalue weighted by Crippen LogP contribution is -2.76. The Kier molecular flexibility index (Phi) is 8.08. The predicted octanol–water partition coefficient (Wildman–Crippen LogP) is 3.56. The summed E-state index contributed by atoms with van der Waals surface area (Å²) >= 11 is 0. The molecule has 2 atom stereocenters. The second-order valence-corrected chi connectivity index (χ2v) is 8.82. The highest BCUT2D eigenvalue weighted by atomic mass is 16.7. The molecule has 1 saturated carbocycles. The number of hydrogen-bond donors (Lipinski definition) is 0. The number of carbonyl (C=O) groups is 1. The fourth-order valence-electron chi connectivity index (χ4n) is 4.60. The van der Waals surface area contributed by atoms with Gasteiger partial charge in [0, 0.05) is 38.6 Å². The Balaban J connectivity index is 1.80. The van der Waals surface area contributed by atoms with Crippen LogP contribution in [0.4, 0.5) is 0 Å². The molecule has 1 aliphatic carbocycles. The third-order valence-corrected chi connectivity index (χ3v) is 6.02. The van der Waals surface area contributed by atoms with Gasteiger partial charge in [0.2, 0.25) is 0 Å². The van der Waals surface area contributed by atoms with Crippen molar-refractivity contribution in [2.45, 2.75) is 76.5 Å². The summed E-state index contributed by atoms with van der Waals surface area (Å²) in [5.41, 5.74) is -0.200. The number of amides is 1. The van der Waals surface area contributed by atoms with Crippen molar-refractivity contribution >= 4 is 5.91 Å². The van der Waals surface area contributed by atoms with Crippen LogP contribution in [0.1, 0.15) is 58.1 Å². The highest BCUT2D eigenvalue weighted by molar-refractivity contribution is 5.93. The van der Waals surface area contributed by atoms with Gasteiger partial charge in [0.1, 0.15) is 19.3 Å². The van der Waals surface area contributed by atoms with E-state index in [0.29, 0.717) is 12.3 Å². The van der Waals surface area contributed by atoms with Crippen LogP contribution in [0.5, 0.6) is 5.75 Å². The van der Waals surface area contributed by atoms with Crippen LogP contribution in [-0.4, -0.2) is 61.3 Å². The van der Waals surface area contributed by atoms with Crippen molar-refractivity contribution in [1.29, 1.82) is 0 Å². The Labute approximate surface area is 180 Å². The molecular formula is C23H36N2O5. The van der Waals surface area contributed by atoms with Gasteiger partial charge in [-0.3, -0.25) is 9.78 Å². The molecule has 0 N–H and O–H groups in total. The van der Waals surface area contributed by atoms with Crippen LogP contribution < -0.4 is 4.74 Å². The van der Waals surface area contributed by atoms with Crippen molar-refractivity contribution in [2.24, 2.45) is 5.92 Å². The SMILES string of the molecule is COCO[C@@]1(Cc2cc(OC3CCCCC3)ccn2)C(=O)N(COC)[C@H]1CC(C)C. The number of carbonyl (C=O) groups excluding carboxylic acids is 1. The zero-order valence-corrected chi connectivity index (χ0v) is 18.8. The van der Waals surface area contributed by atoms with E-state index in [1.807, 2.05) is 12.1 Å². The van der Waals surface area contributed by atoms with Crippen LogP contribution in [0, 0.1) is 5.92 Å². The molecule has 0 unspecified atom stereocenters. The van der Waals surface area contributed by atoms with Crippen LogP contribution >= 0.6 is 0 Å². The first-order valence-electron chi connectivity index (χ1n) is 11.0. The molecule has 2 heterocycles. The first-order chi connectivity index (χ1) is 14.5. The monoisotopic (exact) mass is 420 g/mol. The van der Waals surface area contributed by atoms with Gasteiger partial charge in [-0.2, -0.15) is 0 Å². The highest BCUT2D eigenvalue weighted by Gasteiger charge is 2.62. The smallest absolute Gasteiger partial charge is 0.259 e. The van der Waals surface area contributed by atoms with E-state index in [2.05, 4.69) is 18.8 Å². The van der Waals surface area contributed by atoms with Gasteiger partial charge in [-0.15, -0.1) is 0 Å². The maximum Gasteiger partial charge on any atom is 0.259 e. The van der Waals surface area contributed by atoms with Crippen molar-refractivity contribution < 1.29 is 23.7 Å². The van der Waals surface area contributed by atoms with E-state index in [0.717, 1.165) is 30.7 Å². The molecule has 1 aromatic heterocycles. The van der Waals surface area contributed by atoms with Crippen LogP contribution in [0.25, 0.3) is 0 Å². The number of rotatable bonds is 11. The summed E-state index contributed by atoms with van der Waals surface area (Å²) in [5.74, 6) is 1.14. The lowest BCUT2D eigenvalue weighted by molar-refractivity contribution is -0.235. The molecule has 168 valence electrons. The van der Waals surface area contributed by atoms with Crippen molar-refractivity contribution in [3.05, 3.63) is 24.0 Å². The lowest BCUT2D eigenvalue weighted by atomic mass is 9.75. The van der Waals surface area contributed by atoms with E-state index in [9.17, 15) is 4.79 Å². The van der Waals surface area contributed by atoms with Crippen molar-refractivity contribution in [1.82, 2.24) is 9.88 Å². The van der Waals surface area contributed by atoms with E-state index >= 15 is 0 Å². The quantitative estimate of drug-likeness (QED) is 0.403. The summed E-state index contributed by atoms with van der Waals surface area (Å²) in [6, 6.07) is 3.75. The van der Waals surface area contributed by atoms with Gasteiger partial charge < -0.3 is 23.8 Å². The second kappa shape index (κ2) is 10.6. The molecule has 0 aromatic carbocycles. The maximum atomic E-state index is 13.2. The average molecular weight is 421 g/mol. The van der Waals surface area contributed by atoms with E-state index in [1.165, 1.54) is 19.3 Å². The Hall–Kier alpha value is -1.70. The molecular weight excluding hydrogens is 384 g/mol. The summed E-state index contributed by atoms with van der Waals surface area (Å²) in [5, 5.41) is 0. The third-order valence-electron chi connectivity index (χ3n) is 6.02. The summed E-state index contributed by atoms with van der Waals surface area (Å²) < 4.78 is 22.7. The van der Waals surface area contributed by atoms with Crippen LogP contribution in [0.3, 0.4) is 0 Å². The Morgan fingerprint density at radius 2 is 1.97 bits per heavy atom. The van der Waals surface area contributed by atoms with Gasteiger partial charge >= 0.3 is 0 Å². The molecule has 2 aliphatic rings. The maximum absolute atomic E-state index is 13.2. The molecule has 30 heavy (non-hydrogen) atoms. The fourth-order valence-corrected chi connectivity index (χ4v) is 4.60. The standard InChI is InChI=1S/C23H36N2O5/c1-17(2)12-21-23(29-16-28-4,22(26)25(21)15-27-3)14-18-13-20(10-11-24-18)30-19-8-6-5-7-9-19/h10-11,13,17,19,21H,5-9,12,14-16H2,1-4H3/t21-,23+/m0/s1. The Bertz CT molecular complexity index is 692. The zero-order chi connectivity index (χ0) is 21.6. The minimum atomic E-state index is -0.991. The van der Waals surface area contributed by atoms with E-state index < -0.39 is 5.60 Å². The molecule has 1 aliphatic heterocycles. The van der Waals surface area contributed by atoms with E-state index in [-0.39, 0.29) is 31.6 Å². The van der Waals surface area contributed by atoms with Gasteiger partial charge in [-0.25, -0.2) is 0 Å². The average Bonchev–Trinajstić information content (AvgIpc) is 2.74. The van der Waals surface area contributed by atoms with Gasteiger partial charge in [-0.05, 0) is 44.1 Å². The minimum Gasteiger partial charge on any atom is -0.490 e.